The second kappa shape index (κ2) is 4.75. The molecule has 1 aliphatic heterocycles. The highest BCUT2D eigenvalue weighted by Gasteiger charge is 2.34. The van der Waals surface area contributed by atoms with Gasteiger partial charge in [0.1, 0.15) is 5.82 Å². The van der Waals surface area contributed by atoms with Gasteiger partial charge < -0.3 is 10.1 Å². The third kappa shape index (κ3) is 3.05. The highest BCUT2D eigenvalue weighted by atomic mass is 19.1. The Morgan fingerprint density at radius 1 is 1.47 bits per heavy atom. The molecule has 2 rings (SSSR count). The molecule has 0 aliphatic carbocycles. The molecule has 1 heterocycles. The van der Waals surface area contributed by atoms with E-state index in [1.165, 1.54) is 6.07 Å². The minimum atomic E-state index is -0.250. The number of benzene rings is 1. The van der Waals surface area contributed by atoms with E-state index in [2.05, 4.69) is 26.1 Å². The van der Waals surface area contributed by atoms with Gasteiger partial charge in [0.25, 0.3) is 0 Å². The first-order chi connectivity index (χ1) is 7.98. The molecule has 0 radical (unpaired) electrons. The molecule has 0 amide bonds. The first-order valence-corrected chi connectivity index (χ1v) is 6.14. The van der Waals surface area contributed by atoms with Crippen LogP contribution in [0.1, 0.15) is 26.3 Å². The van der Waals surface area contributed by atoms with Crippen molar-refractivity contribution in [3.05, 3.63) is 35.6 Å². The lowest BCUT2D eigenvalue weighted by atomic mass is 9.93. The van der Waals surface area contributed by atoms with E-state index in [0.717, 1.165) is 18.5 Å². The summed E-state index contributed by atoms with van der Waals surface area (Å²) in [6.07, 6.45) is 0.914. The summed E-state index contributed by atoms with van der Waals surface area (Å²) >= 11 is 0. The molecule has 3 unspecified atom stereocenters. The summed E-state index contributed by atoms with van der Waals surface area (Å²) in [5, 5.41) is 3.44. The highest BCUT2D eigenvalue weighted by Crippen LogP contribution is 2.24. The van der Waals surface area contributed by atoms with Crippen molar-refractivity contribution in [1.82, 2.24) is 5.32 Å². The molecular weight excluding hydrogens is 217 g/mol. The summed E-state index contributed by atoms with van der Waals surface area (Å²) in [7, 11) is 0. The first kappa shape index (κ1) is 12.5. The molecule has 1 aromatic carbocycles. The van der Waals surface area contributed by atoms with Gasteiger partial charge in [0, 0.05) is 19.0 Å². The van der Waals surface area contributed by atoms with Crippen molar-refractivity contribution >= 4 is 0 Å². The Morgan fingerprint density at radius 2 is 2.24 bits per heavy atom. The Kier molecular flexibility index (Phi) is 3.50. The Balaban J connectivity index is 2.07. The van der Waals surface area contributed by atoms with Crippen LogP contribution in [-0.2, 0) is 11.2 Å². The lowest BCUT2D eigenvalue weighted by Crippen LogP contribution is -2.56. The fourth-order valence-corrected chi connectivity index (χ4v) is 2.32. The molecule has 0 aromatic heterocycles. The minimum Gasteiger partial charge on any atom is -0.369 e. The van der Waals surface area contributed by atoms with E-state index in [0.29, 0.717) is 6.04 Å². The van der Waals surface area contributed by atoms with Crippen molar-refractivity contribution in [1.29, 1.82) is 0 Å². The molecule has 94 valence electrons. The van der Waals surface area contributed by atoms with E-state index >= 15 is 0 Å². The van der Waals surface area contributed by atoms with E-state index in [1.807, 2.05) is 6.07 Å². The molecule has 2 nitrogen and oxygen atoms in total. The fourth-order valence-electron chi connectivity index (χ4n) is 2.32. The Hall–Kier alpha value is -0.930. The maximum atomic E-state index is 13.1. The normalized spacial score (nSPS) is 33.6. The zero-order chi connectivity index (χ0) is 12.5. The molecule has 3 heteroatoms. The standard InChI is InChI=1S/C14H20FNO/c1-10-11(2)17-14(3,9-16-10)8-12-5-4-6-13(15)7-12/h4-7,10-11,16H,8-9H2,1-3H3. The number of ether oxygens (including phenoxy) is 1. The van der Waals surface area contributed by atoms with E-state index in [4.69, 9.17) is 4.74 Å². The average Bonchev–Trinajstić information content (AvgIpc) is 2.24. The molecule has 3 atom stereocenters. The molecule has 0 saturated carbocycles. The van der Waals surface area contributed by atoms with Crippen LogP contribution in [0, 0.1) is 5.82 Å². The number of hydrogen-bond donors (Lipinski definition) is 1. The number of nitrogens with one attached hydrogen (secondary N) is 1. The van der Waals surface area contributed by atoms with Crippen molar-refractivity contribution in [3.63, 3.8) is 0 Å². The summed E-state index contributed by atoms with van der Waals surface area (Å²) in [4.78, 5) is 0. The molecule has 1 aromatic rings. The van der Waals surface area contributed by atoms with Gasteiger partial charge >= 0.3 is 0 Å². The molecule has 17 heavy (non-hydrogen) atoms. The van der Waals surface area contributed by atoms with Gasteiger partial charge in [-0.3, -0.25) is 0 Å². The lowest BCUT2D eigenvalue weighted by Gasteiger charge is -2.41. The third-order valence-electron chi connectivity index (χ3n) is 3.44. The van der Waals surface area contributed by atoms with Crippen molar-refractivity contribution < 1.29 is 9.13 Å². The van der Waals surface area contributed by atoms with Crippen LogP contribution < -0.4 is 5.32 Å². The quantitative estimate of drug-likeness (QED) is 0.853. The van der Waals surface area contributed by atoms with Gasteiger partial charge in [-0.05, 0) is 38.5 Å². The minimum absolute atomic E-state index is 0.183. The van der Waals surface area contributed by atoms with Crippen LogP contribution in [0.15, 0.2) is 24.3 Å². The van der Waals surface area contributed by atoms with E-state index in [1.54, 1.807) is 12.1 Å². The zero-order valence-electron chi connectivity index (χ0n) is 10.7. The van der Waals surface area contributed by atoms with Gasteiger partial charge in [-0.15, -0.1) is 0 Å². The summed E-state index contributed by atoms with van der Waals surface area (Å²) in [6.45, 7) is 7.06. The molecule has 1 fully saturated rings. The van der Waals surface area contributed by atoms with E-state index in [9.17, 15) is 4.39 Å². The van der Waals surface area contributed by atoms with E-state index < -0.39 is 0 Å². The van der Waals surface area contributed by atoms with Crippen molar-refractivity contribution in [3.8, 4) is 0 Å². The molecule has 0 bridgehead atoms. The summed E-state index contributed by atoms with van der Waals surface area (Å²) < 4.78 is 19.2. The monoisotopic (exact) mass is 237 g/mol. The van der Waals surface area contributed by atoms with E-state index in [-0.39, 0.29) is 17.5 Å². The molecule has 1 aliphatic rings. The maximum absolute atomic E-state index is 13.1. The van der Waals surface area contributed by atoms with Crippen LogP contribution in [0.25, 0.3) is 0 Å². The van der Waals surface area contributed by atoms with Gasteiger partial charge in [-0.2, -0.15) is 0 Å². The second-order valence-electron chi connectivity index (χ2n) is 5.25. The Morgan fingerprint density at radius 3 is 2.88 bits per heavy atom. The molecule has 0 spiro atoms. The number of halogens is 1. The van der Waals surface area contributed by atoms with Crippen molar-refractivity contribution in [2.75, 3.05) is 6.54 Å². The second-order valence-corrected chi connectivity index (χ2v) is 5.25. The fraction of sp³-hybridized carbons (Fsp3) is 0.571. The van der Waals surface area contributed by atoms with Crippen LogP contribution in [0.3, 0.4) is 0 Å². The van der Waals surface area contributed by atoms with Crippen LogP contribution >= 0.6 is 0 Å². The topological polar surface area (TPSA) is 21.3 Å². The largest absolute Gasteiger partial charge is 0.369 e. The Bertz CT molecular complexity index is 396. The predicted molar refractivity (Wildman–Crippen MR) is 66.5 cm³/mol. The SMILES string of the molecule is CC1NCC(C)(Cc2cccc(F)c2)OC1C. The first-order valence-electron chi connectivity index (χ1n) is 6.14. The Labute approximate surface area is 102 Å². The number of morpholine rings is 1. The van der Waals surface area contributed by atoms with Crippen molar-refractivity contribution in [2.24, 2.45) is 0 Å². The smallest absolute Gasteiger partial charge is 0.123 e. The van der Waals surface area contributed by atoms with Crippen LogP contribution in [0.2, 0.25) is 0 Å². The lowest BCUT2D eigenvalue weighted by molar-refractivity contribution is -0.114. The van der Waals surface area contributed by atoms with Gasteiger partial charge in [0.15, 0.2) is 0 Å². The van der Waals surface area contributed by atoms with Gasteiger partial charge in [-0.25, -0.2) is 4.39 Å². The van der Waals surface area contributed by atoms with Crippen LogP contribution in [0.5, 0.6) is 0 Å². The van der Waals surface area contributed by atoms with Crippen LogP contribution in [0.4, 0.5) is 4.39 Å². The summed E-state index contributed by atoms with van der Waals surface area (Å²) in [5.74, 6) is -0.184. The summed E-state index contributed by atoms with van der Waals surface area (Å²) in [6, 6.07) is 7.11. The van der Waals surface area contributed by atoms with Gasteiger partial charge in [0.05, 0.1) is 11.7 Å². The molecular formula is C14H20FNO. The van der Waals surface area contributed by atoms with Crippen molar-refractivity contribution in [2.45, 2.75) is 44.9 Å². The average molecular weight is 237 g/mol. The van der Waals surface area contributed by atoms with Gasteiger partial charge in [0.2, 0.25) is 0 Å². The zero-order valence-corrected chi connectivity index (χ0v) is 10.7. The number of rotatable bonds is 2. The predicted octanol–water partition coefficient (Wildman–Crippen LogP) is 2.52. The third-order valence-corrected chi connectivity index (χ3v) is 3.44. The molecule has 1 saturated heterocycles. The molecule has 1 N–H and O–H groups in total. The highest BCUT2D eigenvalue weighted by molar-refractivity contribution is 5.18. The maximum Gasteiger partial charge on any atom is 0.123 e. The number of hydrogen-bond acceptors (Lipinski definition) is 2. The van der Waals surface area contributed by atoms with Gasteiger partial charge in [-0.1, -0.05) is 12.1 Å². The van der Waals surface area contributed by atoms with Crippen LogP contribution in [-0.4, -0.2) is 24.3 Å². The summed E-state index contributed by atoms with van der Waals surface area (Å²) in [5.41, 5.74) is 0.732.